The van der Waals surface area contributed by atoms with Crippen molar-refractivity contribution in [2.45, 2.75) is 18.9 Å². The molecule has 2 aromatic rings. The Kier molecular flexibility index (Phi) is 3.23. The summed E-state index contributed by atoms with van der Waals surface area (Å²) in [6.07, 6.45) is 5.29. The highest BCUT2D eigenvalue weighted by Crippen LogP contribution is 2.31. The average Bonchev–Trinajstić information content (AvgIpc) is 2.90. The molecule has 0 spiro atoms. The highest BCUT2D eigenvalue weighted by Gasteiger charge is 2.21. The fraction of sp³-hybridized carbons (Fsp3) is 0.267. The number of para-hydroxylation sites is 1. The Hall–Kier alpha value is -2.23. The van der Waals surface area contributed by atoms with Crippen LogP contribution in [0.15, 0.2) is 42.7 Å². The summed E-state index contributed by atoms with van der Waals surface area (Å²) in [5.74, 6) is 0.822. The fourth-order valence-corrected chi connectivity index (χ4v) is 2.38. The molecule has 19 heavy (non-hydrogen) atoms. The Balaban J connectivity index is 1.83. The van der Waals surface area contributed by atoms with Crippen LogP contribution in [0.25, 0.3) is 0 Å². The van der Waals surface area contributed by atoms with Gasteiger partial charge < -0.3 is 15.0 Å². The molecule has 1 aromatic heterocycles. The highest BCUT2D eigenvalue weighted by atomic mass is 16.5. The van der Waals surface area contributed by atoms with E-state index in [0.29, 0.717) is 12.2 Å². The van der Waals surface area contributed by atoms with Gasteiger partial charge in [-0.05, 0) is 25.0 Å². The lowest BCUT2D eigenvalue weighted by atomic mass is 10.0. The number of nitrogens with one attached hydrogen (secondary N) is 2. The molecule has 0 aliphatic carbocycles. The van der Waals surface area contributed by atoms with Crippen LogP contribution < -0.4 is 10.1 Å². The third-order valence-corrected chi connectivity index (χ3v) is 3.35. The molecular formula is C15H16N2O2. The zero-order valence-electron chi connectivity index (χ0n) is 10.6. The van der Waals surface area contributed by atoms with Crippen molar-refractivity contribution in [3.05, 3.63) is 53.9 Å². The van der Waals surface area contributed by atoms with Gasteiger partial charge in [-0.3, -0.25) is 4.79 Å². The Morgan fingerprint density at radius 1 is 1.32 bits per heavy atom. The van der Waals surface area contributed by atoms with Gasteiger partial charge in [-0.2, -0.15) is 0 Å². The summed E-state index contributed by atoms with van der Waals surface area (Å²) >= 11 is 0. The van der Waals surface area contributed by atoms with Crippen molar-refractivity contribution >= 4 is 5.91 Å². The molecule has 0 saturated carbocycles. The third-order valence-electron chi connectivity index (χ3n) is 3.35. The molecule has 1 aromatic carbocycles. The van der Waals surface area contributed by atoms with Crippen molar-refractivity contribution in [1.82, 2.24) is 10.3 Å². The smallest absolute Gasteiger partial charge is 0.253 e. The summed E-state index contributed by atoms with van der Waals surface area (Å²) in [5, 5.41) is 3.08. The van der Waals surface area contributed by atoms with Gasteiger partial charge in [0.1, 0.15) is 5.75 Å². The largest absolute Gasteiger partial charge is 0.493 e. The SMILES string of the molecule is O=C(NC1CCCOc2ccccc21)c1cc[nH]c1. The monoisotopic (exact) mass is 256 g/mol. The van der Waals surface area contributed by atoms with Crippen molar-refractivity contribution in [3.63, 3.8) is 0 Å². The molecule has 0 radical (unpaired) electrons. The standard InChI is InChI=1S/C15H16N2O2/c18-15(11-7-8-16-10-11)17-13-5-3-9-19-14-6-2-1-4-12(13)14/h1-2,4,6-8,10,13,16H,3,5,9H2,(H,17,18). The topological polar surface area (TPSA) is 54.1 Å². The number of amides is 1. The van der Waals surface area contributed by atoms with E-state index in [-0.39, 0.29) is 11.9 Å². The maximum absolute atomic E-state index is 12.1. The summed E-state index contributed by atoms with van der Waals surface area (Å²) < 4.78 is 5.69. The molecule has 1 atom stereocenters. The predicted molar refractivity (Wildman–Crippen MR) is 72.2 cm³/mol. The molecule has 1 aliphatic heterocycles. The summed E-state index contributed by atoms with van der Waals surface area (Å²) in [6, 6.07) is 9.69. The second kappa shape index (κ2) is 5.18. The molecule has 1 unspecified atom stereocenters. The van der Waals surface area contributed by atoms with Crippen molar-refractivity contribution in [1.29, 1.82) is 0 Å². The number of rotatable bonds is 2. The lowest BCUT2D eigenvalue weighted by molar-refractivity contribution is 0.0935. The van der Waals surface area contributed by atoms with Crippen LogP contribution in [-0.4, -0.2) is 17.5 Å². The number of H-pyrrole nitrogens is 1. The Bertz CT molecular complexity index is 563. The van der Waals surface area contributed by atoms with Gasteiger partial charge in [0.05, 0.1) is 18.2 Å². The van der Waals surface area contributed by atoms with Gasteiger partial charge in [0, 0.05) is 18.0 Å². The molecule has 0 fully saturated rings. The predicted octanol–water partition coefficient (Wildman–Crippen LogP) is 2.66. The number of benzene rings is 1. The Morgan fingerprint density at radius 2 is 2.21 bits per heavy atom. The number of hydrogen-bond acceptors (Lipinski definition) is 2. The Morgan fingerprint density at radius 3 is 3.05 bits per heavy atom. The van der Waals surface area contributed by atoms with Crippen molar-refractivity contribution < 1.29 is 9.53 Å². The van der Waals surface area contributed by atoms with Gasteiger partial charge >= 0.3 is 0 Å². The molecule has 4 nitrogen and oxygen atoms in total. The van der Waals surface area contributed by atoms with Crippen LogP contribution in [0.3, 0.4) is 0 Å². The molecule has 0 bridgehead atoms. The van der Waals surface area contributed by atoms with E-state index in [1.807, 2.05) is 24.3 Å². The van der Waals surface area contributed by atoms with Gasteiger partial charge in [-0.15, -0.1) is 0 Å². The van der Waals surface area contributed by atoms with E-state index >= 15 is 0 Å². The van der Waals surface area contributed by atoms with E-state index in [1.165, 1.54) is 0 Å². The molecule has 2 N–H and O–H groups in total. The van der Waals surface area contributed by atoms with Crippen LogP contribution in [0.2, 0.25) is 0 Å². The van der Waals surface area contributed by atoms with Crippen LogP contribution in [-0.2, 0) is 0 Å². The van der Waals surface area contributed by atoms with Crippen LogP contribution in [0.5, 0.6) is 5.75 Å². The van der Waals surface area contributed by atoms with E-state index in [2.05, 4.69) is 10.3 Å². The van der Waals surface area contributed by atoms with Gasteiger partial charge in [0.15, 0.2) is 0 Å². The van der Waals surface area contributed by atoms with Gasteiger partial charge in [-0.25, -0.2) is 0 Å². The maximum atomic E-state index is 12.1. The normalized spacial score (nSPS) is 18.0. The van der Waals surface area contributed by atoms with E-state index in [9.17, 15) is 4.79 Å². The number of carbonyl (C=O) groups excluding carboxylic acids is 1. The third kappa shape index (κ3) is 2.47. The highest BCUT2D eigenvalue weighted by molar-refractivity contribution is 5.94. The molecule has 2 heterocycles. The van der Waals surface area contributed by atoms with Crippen LogP contribution >= 0.6 is 0 Å². The first-order chi connectivity index (χ1) is 9.34. The molecule has 4 heteroatoms. The molecule has 1 amide bonds. The van der Waals surface area contributed by atoms with Gasteiger partial charge in [-0.1, -0.05) is 18.2 Å². The quantitative estimate of drug-likeness (QED) is 0.868. The van der Waals surface area contributed by atoms with Crippen molar-refractivity contribution in [3.8, 4) is 5.75 Å². The Labute approximate surface area is 111 Å². The van der Waals surface area contributed by atoms with Crippen molar-refractivity contribution in [2.24, 2.45) is 0 Å². The first-order valence-electron chi connectivity index (χ1n) is 6.50. The van der Waals surface area contributed by atoms with Crippen LogP contribution in [0, 0.1) is 0 Å². The molecule has 98 valence electrons. The minimum absolute atomic E-state index is 0.0149. The number of ether oxygens (including phenoxy) is 1. The number of fused-ring (bicyclic) bond motifs is 1. The second-order valence-corrected chi connectivity index (χ2v) is 4.65. The first kappa shape index (κ1) is 11.8. The van der Waals surface area contributed by atoms with E-state index in [4.69, 9.17) is 4.74 Å². The van der Waals surface area contributed by atoms with E-state index in [0.717, 1.165) is 24.2 Å². The molecule has 0 saturated heterocycles. The summed E-state index contributed by atoms with van der Waals surface area (Å²) in [7, 11) is 0. The van der Waals surface area contributed by atoms with Crippen LogP contribution in [0.4, 0.5) is 0 Å². The fourth-order valence-electron chi connectivity index (χ4n) is 2.38. The first-order valence-corrected chi connectivity index (χ1v) is 6.50. The van der Waals surface area contributed by atoms with E-state index in [1.54, 1.807) is 18.5 Å². The summed E-state index contributed by atoms with van der Waals surface area (Å²) in [6.45, 7) is 0.702. The second-order valence-electron chi connectivity index (χ2n) is 4.65. The van der Waals surface area contributed by atoms with Gasteiger partial charge in [0.2, 0.25) is 0 Å². The number of aromatic amines is 1. The maximum Gasteiger partial charge on any atom is 0.253 e. The molecule has 1 aliphatic rings. The lowest BCUT2D eigenvalue weighted by Crippen LogP contribution is -2.28. The zero-order chi connectivity index (χ0) is 13.1. The van der Waals surface area contributed by atoms with Crippen LogP contribution in [0.1, 0.15) is 34.8 Å². The molecular weight excluding hydrogens is 240 g/mol. The number of aromatic nitrogens is 1. The zero-order valence-corrected chi connectivity index (χ0v) is 10.6. The van der Waals surface area contributed by atoms with Crippen molar-refractivity contribution in [2.75, 3.05) is 6.61 Å². The average molecular weight is 256 g/mol. The number of carbonyl (C=O) groups is 1. The van der Waals surface area contributed by atoms with Gasteiger partial charge in [0.25, 0.3) is 5.91 Å². The summed E-state index contributed by atoms with van der Waals surface area (Å²) in [5.41, 5.74) is 1.71. The summed E-state index contributed by atoms with van der Waals surface area (Å²) in [4.78, 5) is 15.0. The minimum atomic E-state index is -0.0528. The lowest BCUT2D eigenvalue weighted by Gasteiger charge is -2.17. The molecule has 3 rings (SSSR count). The minimum Gasteiger partial charge on any atom is -0.493 e. The van der Waals surface area contributed by atoms with E-state index < -0.39 is 0 Å². The number of hydrogen-bond donors (Lipinski definition) is 2.